The number of carbonyl (C=O) groups is 1. The zero-order chi connectivity index (χ0) is 25.5. The van der Waals surface area contributed by atoms with Crippen molar-refractivity contribution in [3.8, 4) is 28.8 Å². The number of hydrogen-bond acceptors (Lipinski definition) is 4. The van der Waals surface area contributed by atoms with Crippen molar-refractivity contribution in [2.24, 2.45) is 5.73 Å². The first-order chi connectivity index (χ1) is 17.4. The highest BCUT2D eigenvalue weighted by Crippen LogP contribution is 2.30. The van der Waals surface area contributed by atoms with Gasteiger partial charge in [0.2, 0.25) is 5.91 Å². The predicted molar refractivity (Wildman–Crippen MR) is 141 cm³/mol. The molecule has 4 rings (SSSR count). The molecule has 0 aliphatic carbocycles. The summed E-state index contributed by atoms with van der Waals surface area (Å²) in [5, 5.41) is 10.00. The van der Waals surface area contributed by atoms with E-state index in [9.17, 15) is 4.79 Å². The molecule has 0 bridgehead atoms. The van der Waals surface area contributed by atoms with Crippen molar-refractivity contribution in [1.82, 2.24) is 9.55 Å². The van der Waals surface area contributed by atoms with Gasteiger partial charge in [-0.2, -0.15) is 5.26 Å². The van der Waals surface area contributed by atoms with Gasteiger partial charge in [0.15, 0.2) is 0 Å². The van der Waals surface area contributed by atoms with Gasteiger partial charge in [0.05, 0.1) is 22.3 Å². The molecule has 4 aromatic rings. The summed E-state index contributed by atoms with van der Waals surface area (Å²) >= 11 is 12.4. The molecule has 8 heteroatoms. The molecule has 6 nitrogen and oxygen atoms in total. The summed E-state index contributed by atoms with van der Waals surface area (Å²) in [4.78, 5) is 16.0. The first-order valence-corrected chi connectivity index (χ1v) is 12.1. The van der Waals surface area contributed by atoms with Gasteiger partial charge in [-0.25, -0.2) is 4.98 Å². The molecular formula is C28H23Cl2N4O2. The number of imidazole rings is 1. The normalized spacial score (nSPS) is 10.7. The minimum atomic E-state index is -0.329. The van der Waals surface area contributed by atoms with E-state index >= 15 is 0 Å². The molecule has 0 aliphatic heterocycles. The molecule has 3 aromatic carbocycles. The third-order valence-corrected chi connectivity index (χ3v) is 6.05. The molecule has 0 fully saturated rings. The molecule has 1 radical (unpaired) electrons. The van der Waals surface area contributed by atoms with Crippen LogP contribution in [0.15, 0.2) is 72.9 Å². The van der Waals surface area contributed by atoms with Crippen LogP contribution in [0.25, 0.3) is 11.3 Å². The summed E-state index contributed by atoms with van der Waals surface area (Å²) < 4.78 is 7.86. The van der Waals surface area contributed by atoms with Crippen LogP contribution in [0.2, 0.25) is 10.0 Å². The van der Waals surface area contributed by atoms with Gasteiger partial charge >= 0.3 is 0 Å². The highest BCUT2D eigenvalue weighted by atomic mass is 35.5. The molecular weight excluding hydrogens is 495 g/mol. The summed E-state index contributed by atoms with van der Waals surface area (Å²) in [5.41, 5.74) is 8.49. The number of benzene rings is 3. The second-order valence-corrected chi connectivity index (χ2v) is 9.01. The Labute approximate surface area is 219 Å². The summed E-state index contributed by atoms with van der Waals surface area (Å²) in [6, 6.07) is 22.2. The van der Waals surface area contributed by atoms with E-state index in [0.29, 0.717) is 52.9 Å². The van der Waals surface area contributed by atoms with Crippen LogP contribution in [0, 0.1) is 17.8 Å². The van der Waals surface area contributed by atoms with E-state index in [1.807, 2.05) is 47.5 Å². The first-order valence-electron chi connectivity index (χ1n) is 11.3. The first kappa shape index (κ1) is 25.3. The van der Waals surface area contributed by atoms with Crippen LogP contribution in [0.1, 0.15) is 29.8 Å². The topological polar surface area (TPSA) is 93.9 Å². The molecule has 0 saturated heterocycles. The maximum absolute atomic E-state index is 11.2. The molecule has 1 aromatic heterocycles. The van der Waals surface area contributed by atoms with Gasteiger partial charge < -0.3 is 15.0 Å². The lowest BCUT2D eigenvalue weighted by atomic mass is 10.1. The number of nitrogens with two attached hydrogens (primary N) is 1. The molecule has 1 amide bonds. The summed E-state index contributed by atoms with van der Waals surface area (Å²) in [7, 11) is 0. The van der Waals surface area contributed by atoms with Crippen molar-refractivity contribution in [2.45, 2.75) is 25.8 Å². The van der Waals surface area contributed by atoms with Crippen molar-refractivity contribution >= 4 is 29.1 Å². The number of hydrogen-bond donors (Lipinski definition) is 1. The van der Waals surface area contributed by atoms with Crippen molar-refractivity contribution in [2.75, 3.05) is 0 Å². The Hall–Kier alpha value is -3.79. The van der Waals surface area contributed by atoms with Crippen molar-refractivity contribution in [3.05, 3.63) is 106 Å². The Bertz CT molecular complexity index is 1390. The second-order valence-electron chi connectivity index (χ2n) is 8.16. The van der Waals surface area contributed by atoms with Gasteiger partial charge in [-0.3, -0.25) is 4.79 Å². The van der Waals surface area contributed by atoms with Crippen molar-refractivity contribution in [1.29, 1.82) is 5.26 Å². The molecule has 2 N–H and O–H groups in total. The number of aryl methyl sites for hydroxylation is 1. The van der Waals surface area contributed by atoms with Crippen LogP contribution in [-0.4, -0.2) is 15.5 Å². The number of amides is 1. The van der Waals surface area contributed by atoms with Crippen molar-refractivity contribution < 1.29 is 9.53 Å². The van der Waals surface area contributed by atoms with Crippen LogP contribution in [0.4, 0.5) is 0 Å². The SMILES string of the molecule is N#Cc1ccc(Oc2ccc(C[CH]c3nc(-c4ccc(Cl)cc4Cl)cn3CCCC(N)=O)cc2)cc1. The molecule has 181 valence electrons. The van der Waals surface area contributed by atoms with Crippen LogP contribution in [0.3, 0.4) is 0 Å². The fraction of sp³-hybridized carbons (Fsp3) is 0.143. The summed E-state index contributed by atoms with van der Waals surface area (Å²) in [6.07, 6.45) is 5.53. The smallest absolute Gasteiger partial charge is 0.217 e. The average Bonchev–Trinajstić information content (AvgIpc) is 3.26. The maximum atomic E-state index is 11.2. The fourth-order valence-electron chi connectivity index (χ4n) is 3.66. The largest absolute Gasteiger partial charge is 0.457 e. The lowest BCUT2D eigenvalue weighted by Crippen LogP contribution is -2.12. The van der Waals surface area contributed by atoms with Crippen molar-refractivity contribution in [3.63, 3.8) is 0 Å². The van der Waals surface area contributed by atoms with Gasteiger partial charge in [-0.15, -0.1) is 0 Å². The monoisotopic (exact) mass is 517 g/mol. The highest BCUT2D eigenvalue weighted by Gasteiger charge is 2.13. The molecule has 0 aliphatic rings. The van der Waals surface area contributed by atoms with Gasteiger partial charge in [-0.05, 0) is 73.0 Å². The molecule has 1 heterocycles. The van der Waals surface area contributed by atoms with E-state index in [1.165, 1.54) is 0 Å². The Morgan fingerprint density at radius 3 is 2.39 bits per heavy atom. The van der Waals surface area contributed by atoms with Gasteiger partial charge in [0.25, 0.3) is 0 Å². The lowest BCUT2D eigenvalue weighted by molar-refractivity contribution is -0.118. The lowest BCUT2D eigenvalue weighted by Gasteiger charge is -2.08. The van der Waals surface area contributed by atoms with Crippen LogP contribution in [0.5, 0.6) is 11.5 Å². The molecule has 0 saturated carbocycles. The zero-order valence-electron chi connectivity index (χ0n) is 19.3. The molecule has 0 unspecified atom stereocenters. The minimum absolute atomic E-state index is 0.301. The summed E-state index contributed by atoms with van der Waals surface area (Å²) in [5.74, 6) is 1.82. The molecule has 0 spiro atoms. The van der Waals surface area contributed by atoms with Crippen LogP contribution >= 0.6 is 23.2 Å². The number of aromatic nitrogens is 2. The third-order valence-electron chi connectivity index (χ3n) is 5.50. The average molecular weight is 518 g/mol. The van der Waals surface area contributed by atoms with E-state index in [1.54, 1.807) is 36.4 Å². The second kappa shape index (κ2) is 11.8. The predicted octanol–water partition coefficient (Wildman–Crippen LogP) is 6.58. The standard InChI is InChI=1S/C28H23Cl2N4O2/c29-21-8-13-24(25(30)16-21)26-18-34(15-1-2-27(32)35)28(33-26)14-7-19-3-9-22(10-4-19)36-23-11-5-20(17-31)6-12-23/h3-6,8-14,16,18H,1-2,7,15H2,(H2,32,35). The number of nitrogens with zero attached hydrogens (tertiary/aromatic N) is 3. The van der Waals surface area contributed by atoms with Crippen LogP contribution < -0.4 is 10.5 Å². The van der Waals surface area contributed by atoms with E-state index in [-0.39, 0.29) is 5.91 Å². The molecule has 0 atom stereocenters. The number of carbonyl (C=O) groups excluding carboxylic acids is 1. The van der Waals surface area contributed by atoms with Gasteiger partial charge in [0.1, 0.15) is 17.3 Å². The zero-order valence-corrected chi connectivity index (χ0v) is 20.8. The number of nitriles is 1. The van der Waals surface area contributed by atoms with Gasteiger partial charge in [-0.1, -0.05) is 35.3 Å². The van der Waals surface area contributed by atoms with E-state index < -0.39 is 0 Å². The van der Waals surface area contributed by atoms with E-state index in [2.05, 4.69) is 6.07 Å². The Morgan fingerprint density at radius 1 is 1.06 bits per heavy atom. The number of ether oxygens (including phenoxy) is 1. The Morgan fingerprint density at radius 2 is 1.75 bits per heavy atom. The Kier molecular flexibility index (Phi) is 8.27. The molecule has 36 heavy (non-hydrogen) atoms. The van der Waals surface area contributed by atoms with Gasteiger partial charge in [0, 0.05) is 36.2 Å². The highest BCUT2D eigenvalue weighted by molar-refractivity contribution is 6.36. The third kappa shape index (κ3) is 6.66. The van der Waals surface area contributed by atoms with E-state index in [0.717, 1.165) is 22.6 Å². The quantitative estimate of drug-likeness (QED) is 0.257. The number of primary amides is 1. The van der Waals surface area contributed by atoms with E-state index in [4.69, 9.17) is 43.9 Å². The summed E-state index contributed by atoms with van der Waals surface area (Å²) in [6.45, 7) is 0.602. The Balaban J connectivity index is 1.46. The number of rotatable bonds is 10. The minimum Gasteiger partial charge on any atom is -0.457 e. The maximum Gasteiger partial charge on any atom is 0.217 e. The van der Waals surface area contributed by atoms with Crippen LogP contribution in [-0.2, 0) is 17.8 Å². The number of halogens is 2. The fourth-order valence-corrected chi connectivity index (χ4v) is 4.16.